The zero-order chi connectivity index (χ0) is 26.8. The number of rotatable bonds is 13. The zero-order valence-electron chi connectivity index (χ0n) is 21.7. The molecule has 1 N–H and O–H groups in total. The van der Waals surface area contributed by atoms with Gasteiger partial charge in [-0.25, -0.2) is 9.97 Å². The van der Waals surface area contributed by atoms with Gasteiger partial charge in [0, 0.05) is 44.1 Å². The van der Waals surface area contributed by atoms with Gasteiger partial charge in [-0.3, -0.25) is 9.18 Å². The number of pyridine rings is 1. The molecule has 0 amide bonds. The molecule has 5 rings (SSSR count). The van der Waals surface area contributed by atoms with Crippen molar-refractivity contribution in [2.45, 2.75) is 38.6 Å². The smallest absolute Gasteiger partial charge is 0.261 e. The Morgan fingerprint density at radius 2 is 2.08 bits per heavy atom. The van der Waals surface area contributed by atoms with E-state index in [-0.39, 0.29) is 6.67 Å². The van der Waals surface area contributed by atoms with Crippen LogP contribution >= 0.6 is 0 Å². The SMILES string of the molecule is CN(CCCF)CCc1nc2c(cc1C=O)nc(-c1cc3cccc(OC(F)CO)c3n1CC1CC1)n2C. The van der Waals surface area contributed by atoms with Crippen molar-refractivity contribution >= 4 is 28.4 Å². The lowest BCUT2D eigenvalue weighted by atomic mass is 10.1. The number of hydrogen-bond acceptors (Lipinski definition) is 6. The molecule has 1 aromatic carbocycles. The van der Waals surface area contributed by atoms with Crippen LogP contribution in [0.15, 0.2) is 30.3 Å². The van der Waals surface area contributed by atoms with Crippen LogP contribution in [0, 0.1) is 5.92 Å². The third kappa shape index (κ3) is 5.28. The van der Waals surface area contributed by atoms with E-state index in [4.69, 9.17) is 14.7 Å². The van der Waals surface area contributed by atoms with Crippen molar-refractivity contribution in [3.63, 3.8) is 0 Å². The normalized spacial score (nSPS) is 14.6. The van der Waals surface area contributed by atoms with Crippen molar-refractivity contribution in [1.29, 1.82) is 0 Å². The predicted octanol–water partition coefficient (Wildman–Crippen LogP) is 4.31. The molecule has 0 bridgehead atoms. The number of aromatic nitrogens is 4. The number of alkyl halides is 2. The monoisotopic (exact) mass is 525 g/mol. The number of aliphatic hydroxyl groups excluding tert-OH is 1. The van der Waals surface area contributed by atoms with E-state index in [0.717, 1.165) is 42.3 Å². The number of ether oxygens (including phenoxy) is 1. The van der Waals surface area contributed by atoms with Crippen molar-refractivity contribution < 1.29 is 23.4 Å². The third-order valence-corrected chi connectivity index (χ3v) is 7.14. The predicted molar refractivity (Wildman–Crippen MR) is 142 cm³/mol. The van der Waals surface area contributed by atoms with Gasteiger partial charge in [-0.1, -0.05) is 12.1 Å². The first-order chi connectivity index (χ1) is 18.4. The van der Waals surface area contributed by atoms with Gasteiger partial charge in [-0.2, -0.15) is 4.39 Å². The van der Waals surface area contributed by atoms with Crippen LogP contribution in [0.1, 0.15) is 35.3 Å². The van der Waals surface area contributed by atoms with Gasteiger partial charge in [0.1, 0.15) is 17.9 Å². The maximum absolute atomic E-state index is 14.0. The Morgan fingerprint density at radius 1 is 1.26 bits per heavy atom. The van der Waals surface area contributed by atoms with Crippen molar-refractivity contribution in [3.8, 4) is 17.3 Å². The molecule has 0 saturated heterocycles. The largest absolute Gasteiger partial charge is 0.456 e. The van der Waals surface area contributed by atoms with Crippen LogP contribution in [0.25, 0.3) is 33.6 Å². The summed E-state index contributed by atoms with van der Waals surface area (Å²) in [7, 11) is 3.83. The molecule has 1 fully saturated rings. The lowest BCUT2D eigenvalue weighted by Gasteiger charge is -2.16. The highest BCUT2D eigenvalue weighted by Crippen LogP contribution is 2.39. The van der Waals surface area contributed by atoms with E-state index in [2.05, 4.69) is 4.57 Å². The van der Waals surface area contributed by atoms with Crippen molar-refractivity contribution in [1.82, 2.24) is 24.0 Å². The number of aldehydes is 1. The summed E-state index contributed by atoms with van der Waals surface area (Å²) in [4.78, 5) is 23.6. The maximum Gasteiger partial charge on any atom is 0.261 e. The van der Waals surface area contributed by atoms with E-state index < -0.39 is 13.0 Å². The van der Waals surface area contributed by atoms with E-state index in [1.165, 1.54) is 0 Å². The average Bonchev–Trinajstić information content (AvgIpc) is 3.59. The van der Waals surface area contributed by atoms with Gasteiger partial charge >= 0.3 is 0 Å². The number of nitrogens with zero attached hydrogens (tertiary/aromatic N) is 5. The summed E-state index contributed by atoms with van der Waals surface area (Å²) in [6.07, 6.45) is 2.28. The molecule has 1 aliphatic carbocycles. The van der Waals surface area contributed by atoms with Gasteiger partial charge < -0.3 is 23.9 Å². The fraction of sp³-hybridized carbons (Fsp3) is 0.464. The summed E-state index contributed by atoms with van der Waals surface area (Å²) in [5.74, 6) is 1.57. The standard InChI is InChI=1S/C28H33F2N5O3/c1-33(11-4-10-29)12-9-21-20(16-36)13-22-27(31-21)34(2)28(32-22)23-14-19-5-3-6-24(38-25(30)17-37)26(19)35(23)15-18-7-8-18/h3,5-6,13-14,16,18,25,37H,4,7-12,15,17H2,1-2H3. The molecule has 1 atom stereocenters. The first kappa shape index (κ1) is 26.2. The maximum atomic E-state index is 14.0. The minimum Gasteiger partial charge on any atom is -0.456 e. The lowest BCUT2D eigenvalue weighted by molar-refractivity contribution is 0.0145. The van der Waals surface area contributed by atoms with Crippen LogP contribution in [-0.4, -0.2) is 75.2 Å². The number of aliphatic hydroxyl groups is 1. The number of fused-ring (bicyclic) bond motifs is 2. The number of carbonyl (C=O) groups is 1. The first-order valence-electron chi connectivity index (χ1n) is 13.0. The molecule has 1 unspecified atom stereocenters. The molecular weight excluding hydrogens is 492 g/mol. The summed E-state index contributed by atoms with van der Waals surface area (Å²) >= 11 is 0. The second-order valence-electron chi connectivity index (χ2n) is 10.1. The van der Waals surface area contributed by atoms with Gasteiger partial charge in [0.05, 0.1) is 23.6 Å². The van der Waals surface area contributed by atoms with Crippen LogP contribution in [-0.2, 0) is 20.0 Å². The van der Waals surface area contributed by atoms with Gasteiger partial charge in [0.15, 0.2) is 17.8 Å². The Kier molecular flexibility index (Phi) is 7.71. The molecule has 0 radical (unpaired) electrons. The van der Waals surface area contributed by atoms with E-state index in [1.54, 1.807) is 18.2 Å². The average molecular weight is 526 g/mol. The Labute approximate surface area is 219 Å². The Hall–Kier alpha value is -3.37. The minimum absolute atomic E-state index is 0.354. The minimum atomic E-state index is -1.82. The molecular formula is C28H33F2N5O3. The Balaban J connectivity index is 1.57. The molecule has 3 heterocycles. The van der Waals surface area contributed by atoms with Crippen LogP contribution < -0.4 is 4.74 Å². The molecule has 0 spiro atoms. The molecule has 1 aliphatic rings. The first-order valence-corrected chi connectivity index (χ1v) is 13.0. The summed E-state index contributed by atoms with van der Waals surface area (Å²) in [6, 6.07) is 9.24. The van der Waals surface area contributed by atoms with Gasteiger partial charge in [0.2, 0.25) is 0 Å². The molecule has 10 heteroatoms. The summed E-state index contributed by atoms with van der Waals surface area (Å²) in [6.45, 7) is 0.959. The Bertz CT molecular complexity index is 1450. The summed E-state index contributed by atoms with van der Waals surface area (Å²) in [5.41, 5.74) is 4.06. The molecule has 1 saturated carbocycles. The molecule has 8 nitrogen and oxygen atoms in total. The highest BCUT2D eigenvalue weighted by molar-refractivity contribution is 5.92. The van der Waals surface area contributed by atoms with E-state index in [9.17, 15) is 18.7 Å². The second kappa shape index (κ2) is 11.2. The Morgan fingerprint density at radius 3 is 2.79 bits per heavy atom. The van der Waals surface area contributed by atoms with E-state index in [1.807, 2.05) is 35.7 Å². The molecule has 0 aliphatic heterocycles. The number of hydrogen-bond donors (Lipinski definition) is 1. The number of benzene rings is 1. The van der Waals surface area contributed by atoms with Crippen LogP contribution in [0.2, 0.25) is 0 Å². The van der Waals surface area contributed by atoms with Gasteiger partial charge in [-0.05, 0) is 50.4 Å². The van der Waals surface area contributed by atoms with Gasteiger partial charge in [0.25, 0.3) is 6.36 Å². The number of aryl methyl sites for hydroxylation is 1. The van der Waals surface area contributed by atoms with Crippen molar-refractivity contribution in [2.24, 2.45) is 13.0 Å². The van der Waals surface area contributed by atoms with Crippen molar-refractivity contribution in [3.05, 3.63) is 41.6 Å². The zero-order valence-corrected chi connectivity index (χ0v) is 21.7. The molecule has 202 valence electrons. The molecule has 3 aromatic heterocycles. The van der Waals surface area contributed by atoms with Crippen LogP contribution in [0.5, 0.6) is 5.75 Å². The summed E-state index contributed by atoms with van der Waals surface area (Å²) < 4.78 is 36.0. The van der Waals surface area contributed by atoms with E-state index >= 15 is 0 Å². The summed E-state index contributed by atoms with van der Waals surface area (Å²) in [5, 5.41) is 10.1. The number of para-hydroxylation sites is 1. The fourth-order valence-electron chi connectivity index (χ4n) is 4.93. The number of imidazole rings is 1. The molecule has 4 aromatic rings. The van der Waals surface area contributed by atoms with Gasteiger partial charge in [-0.15, -0.1) is 0 Å². The number of carbonyl (C=O) groups excluding carboxylic acids is 1. The quantitative estimate of drug-likeness (QED) is 0.262. The lowest BCUT2D eigenvalue weighted by Crippen LogP contribution is -2.23. The third-order valence-electron chi connectivity index (χ3n) is 7.14. The topological polar surface area (TPSA) is 85.4 Å². The molecule has 38 heavy (non-hydrogen) atoms. The second-order valence-corrected chi connectivity index (χ2v) is 10.1. The van der Waals surface area contributed by atoms with Crippen LogP contribution in [0.4, 0.5) is 8.78 Å². The van der Waals surface area contributed by atoms with Crippen LogP contribution in [0.3, 0.4) is 0 Å². The fourth-order valence-corrected chi connectivity index (χ4v) is 4.93. The van der Waals surface area contributed by atoms with E-state index in [0.29, 0.717) is 65.8 Å². The van der Waals surface area contributed by atoms with Crippen molar-refractivity contribution in [2.75, 3.05) is 33.4 Å². The highest BCUT2D eigenvalue weighted by Gasteiger charge is 2.27. The number of likely N-dealkylation sites (N-methyl/N-ethyl adjacent to an activating group) is 1. The highest BCUT2D eigenvalue weighted by atomic mass is 19.1. The number of halogens is 2.